The number of H-pyrrole nitrogens is 1. The van der Waals surface area contributed by atoms with Gasteiger partial charge in [-0.2, -0.15) is 0 Å². The maximum atomic E-state index is 12.3. The second kappa shape index (κ2) is 7.87. The average Bonchev–Trinajstić information content (AvgIpc) is 2.68. The largest absolute Gasteiger partial charge is 0.448 e. The number of rotatable bonds is 5. The highest BCUT2D eigenvalue weighted by Gasteiger charge is 2.20. The number of Topliss-reactive ketones (excluding diaryl/α,β-unsaturated/α-hetero) is 1. The SMILES string of the molecule is CC(=O)c1cccc(NC(=O)[C@@H](C)OC(=O)c2cc(=O)c3ccccc3[nH]2)c1. The number of carbonyl (C=O) groups is 3. The maximum absolute atomic E-state index is 12.3. The van der Waals surface area contributed by atoms with E-state index >= 15 is 0 Å². The minimum atomic E-state index is -1.11. The molecule has 0 saturated heterocycles. The lowest BCUT2D eigenvalue weighted by atomic mass is 10.1. The van der Waals surface area contributed by atoms with Crippen molar-refractivity contribution >= 4 is 34.3 Å². The molecule has 3 rings (SSSR count). The van der Waals surface area contributed by atoms with E-state index in [4.69, 9.17) is 4.74 Å². The summed E-state index contributed by atoms with van der Waals surface area (Å²) in [6, 6.07) is 14.4. The van der Waals surface area contributed by atoms with E-state index in [-0.39, 0.29) is 16.9 Å². The second-order valence-electron chi connectivity index (χ2n) is 6.27. The van der Waals surface area contributed by atoms with Crippen LogP contribution in [0.5, 0.6) is 0 Å². The van der Waals surface area contributed by atoms with E-state index in [9.17, 15) is 19.2 Å². The van der Waals surface area contributed by atoms with Crippen LogP contribution in [0.15, 0.2) is 59.4 Å². The molecule has 0 saturated carbocycles. The molecule has 2 aromatic carbocycles. The molecule has 0 unspecified atom stereocenters. The van der Waals surface area contributed by atoms with Crippen molar-refractivity contribution < 1.29 is 19.1 Å². The van der Waals surface area contributed by atoms with Gasteiger partial charge in [0.05, 0.1) is 0 Å². The number of nitrogens with one attached hydrogen (secondary N) is 2. The van der Waals surface area contributed by atoms with E-state index < -0.39 is 18.0 Å². The molecular formula is C21H18N2O5. The molecule has 142 valence electrons. The van der Waals surface area contributed by atoms with Crippen molar-refractivity contribution in [1.82, 2.24) is 4.98 Å². The third-order valence-corrected chi connectivity index (χ3v) is 4.15. The standard InChI is InChI=1S/C21H18N2O5/c1-12(24)14-6-5-7-15(10-14)22-20(26)13(2)28-21(27)18-11-19(25)16-8-3-4-9-17(16)23-18/h3-11,13H,1-2H3,(H,22,26)(H,23,25)/t13-/m1/s1. The molecule has 2 N–H and O–H groups in total. The Balaban J connectivity index is 1.72. The zero-order valence-corrected chi connectivity index (χ0v) is 15.3. The number of aromatic amines is 1. The number of pyridine rings is 1. The predicted octanol–water partition coefficient (Wildman–Crippen LogP) is 2.91. The van der Waals surface area contributed by atoms with E-state index in [0.29, 0.717) is 22.2 Å². The molecule has 7 heteroatoms. The van der Waals surface area contributed by atoms with Crippen molar-refractivity contribution in [2.45, 2.75) is 20.0 Å². The van der Waals surface area contributed by atoms with Gasteiger partial charge in [-0.25, -0.2) is 4.79 Å². The van der Waals surface area contributed by atoms with Crippen LogP contribution in [0.2, 0.25) is 0 Å². The Kier molecular flexibility index (Phi) is 5.35. The predicted molar refractivity (Wildman–Crippen MR) is 105 cm³/mol. The van der Waals surface area contributed by atoms with Crippen molar-refractivity contribution in [1.29, 1.82) is 0 Å². The number of carbonyl (C=O) groups excluding carboxylic acids is 3. The molecule has 0 fully saturated rings. The Bertz CT molecular complexity index is 1130. The Hall–Kier alpha value is -3.74. The fourth-order valence-corrected chi connectivity index (χ4v) is 2.64. The third kappa shape index (κ3) is 4.15. The number of esters is 1. The van der Waals surface area contributed by atoms with Crippen LogP contribution in [0.1, 0.15) is 34.7 Å². The lowest BCUT2D eigenvalue weighted by molar-refractivity contribution is -0.123. The molecule has 1 heterocycles. The maximum Gasteiger partial charge on any atom is 0.355 e. The number of anilines is 1. The van der Waals surface area contributed by atoms with Gasteiger partial charge in [0, 0.05) is 28.2 Å². The van der Waals surface area contributed by atoms with Crippen molar-refractivity contribution in [3.05, 3.63) is 76.1 Å². The molecule has 0 bridgehead atoms. The van der Waals surface area contributed by atoms with Gasteiger partial charge in [-0.1, -0.05) is 24.3 Å². The number of hydrogen-bond acceptors (Lipinski definition) is 5. The average molecular weight is 378 g/mol. The quantitative estimate of drug-likeness (QED) is 0.525. The van der Waals surface area contributed by atoms with Gasteiger partial charge in [-0.15, -0.1) is 0 Å². The molecular weight excluding hydrogens is 360 g/mol. The number of ketones is 1. The van der Waals surface area contributed by atoms with Gasteiger partial charge in [0.25, 0.3) is 5.91 Å². The number of hydrogen-bond donors (Lipinski definition) is 2. The molecule has 0 aliphatic rings. The van der Waals surface area contributed by atoms with Gasteiger partial charge < -0.3 is 15.0 Å². The fourth-order valence-electron chi connectivity index (χ4n) is 2.64. The highest BCUT2D eigenvalue weighted by molar-refractivity contribution is 5.99. The molecule has 7 nitrogen and oxygen atoms in total. The molecule has 0 aliphatic heterocycles. The van der Waals surface area contributed by atoms with Crippen LogP contribution in [0, 0.1) is 0 Å². The van der Waals surface area contributed by atoms with Gasteiger partial charge in [0.15, 0.2) is 17.3 Å². The topological polar surface area (TPSA) is 105 Å². The zero-order chi connectivity index (χ0) is 20.3. The first-order valence-corrected chi connectivity index (χ1v) is 8.60. The van der Waals surface area contributed by atoms with Crippen LogP contribution in [-0.4, -0.2) is 28.7 Å². The van der Waals surface area contributed by atoms with E-state index in [1.165, 1.54) is 19.9 Å². The summed E-state index contributed by atoms with van der Waals surface area (Å²) in [6.45, 7) is 2.84. The van der Waals surface area contributed by atoms with Crippen molar-refractivity contribution in [2.24, 2.45) is 0 Å². The van der Waals surface area contributed by atoms with Crippen LogP contribution in [0.25, 0.3) is 10.9 Å². The van der Waals surface area contributed by atoms with Crippen LogP contribution in [-0.2, 0) is 9.53 Å². The monoisotopic (exact) mass is 378 g/mol. The smallest absolute Gasteiger partial charge is 0.355 e. The third-order valence-electron chi connectivity index (χ3n) is 4.15. The first-order chi connectivity index (χ1) is 13.3. The summed E-state index contributed by atoms with van der Waals surface area (Å²) < 4.78 is 5.16. The summed E-state index contributed by atoms with van der Waals surface area (Å²) in [5.74, 6) is -1.50. The first-order valence-electron chi connectivity index (χ1n) is 8.60. The van der Waals surface area contributed by atoms with E-state index in [1.54, 1.807) is 42.5 Å². The normalized spacial score (nSPS) is 11.6. The van der Waals surface area contributed by atoms with Crippen molar-refractivity contribution in [3.63, 3.8) is 0 Å². The molecule has 0 aliphatic carbocycles. The Morgan fingerprint density at radius 1 is 1.04 bits per heavy atom. The van der Waals surface area contributed by atoms with E-state index in [1.807, 2.05) is 0 Å². The first kappa shape index (κ1) is 19.0. The molecule has 1 aromatic heterocycles. The summed E-state index contributed by atoms with van der Waals surface area (Å²) in [5.41, 5.74) is 1.01. The molecule has 0 radical (unpaired) electrons. The number of benzene rings is 2. The number of ether oxygens (including phenoxy) is 1. The van der Waals surface area contributed by atoms with Gasteiger partial charge in [-0.05, 0) is 38.1 Å². The Labute approximate surface area is 160 Å². The molecule has 3 aromatic rings. The summed E-state index contributed by atoms with van der Waals surface area (Å²) in [7, 11) is 0. The van der Waals surface area contributed by atoms with Crippen LogP contribution in [0.4, 0.5) is 5.69 Å². The van der Waals surface area contributed by atoms with Gasteiger partial charge in [0.2, 0.25) is 0 Å². The van der Waals surface area contributed by atoms with Crippen molar-refractivity contribution in [2.75, 3.05) is 5.32 Å². The molecule has 1 atom stereocenters. The van der Waals surface area contributed by atoms with Crippen LogP contribution < -0.4 is 10.7 Å². The zero-order valence-electron chi connectivity index (χ0n) is 15.3. The number of amides is 1. The molecule has 28 heavy (non-hydrogen) atoms. The minimum absolute atomic E-state index is 0.0399. The second-order valence-corrected chi connectivity index (χ2v) is 6.27. The molecule has 0 spiro atoms. The number of para-hydroxylation sites is 1. The van der Waals surface area contributed by atoms with Gasteiger partial charge >= 0.3 is 5.97 Å². The van der Waals surface area contributed by atoms with Crippen LogP contribution >= 0.6 is 0 Å². The Morgan fingerprint density at radius 2 is 1.79 bits per heavy atom. The summed E-state index contributed by atoms with van der Waals surface area (Å²) in [6.07, 6.45) is -1.11. The lowest BCUT2D eigenvalue weighted by Crippen LogP contribution is -2.30. The number of fused-ring (bicyclic) bond motifs is 1. The number of aromatic nitrogens is 1. The van der Waals surface area contributed by atoms with E-state index in [0.717, 1.165) is 6.07 Å². The highest BCUT2D eigenvalue weighted by Crippen LogP contribution is 2.13. The fraction of sp³-hybridized carbons (Fsp3) is 0.143. The summed E-state index contributed by atoms with van der Waals surface area (Å²) >= 11 is 0. The van der Waals surface area contributed by atoms with Gasteiger partial charge in [0.1, 0.15) is 5.69 Å². The summed E-state index contributed by atoms with van der Waals surface area (Å²) in [5, 5.41) is 3.05. The minimum Gasteiger partial charge on any atom is -0.448 e. The lowest BCUT2D eigenvalue weighted by Gasteiger charge is -2.14. The Morgan fingerprint density at radius 3 is 2.54 bits per heavy atom. The molecule has 1 amide bonds. The van der Waals surface area contributed by atoms with Crippen molar-refractivity contribution in [3.8, 4) is 0 Å². The highest BCUT2D eigenvalue weighted by atomic mass is 16.5. The summed E-state index contributed by atoms with van der Waals surface area (Å²) in [4.78, 5) is 51.0. The van der Waals surface area contributed by atoms with Crippen LogP contribution in [0.3, 0.4) is 0 Å². The van der Waals surface area contributed by atoms with E-state index in [2.05, 4.69) is 10.3 Å². The van der Waals surface area contributed by atoms with Gasteiger partial charge in [-0.3, -0.25) is 14.4 Å².